The highest BCUT2D eigenvalue weighted by molar-refractivity contribution is 6.46. The Balaban J connectivity index is 1.85. The fourth-order valence-corrected chi connectivity index (χ4v) is 3.69. The van der Waals surface area contributed by atoms with Gasteiger partial charge in [-0.2, -0.15) is 0 Å². The van der Waals surface area contributed by atoms with Crippen LogP contribution in [0, 0.1) is 0 Å². The molecule has 3 aromatic rings. The molecule has 1 saturated heterocycles. The van der Waals surface area contributed by atoms with Crippen LogP contribution in [0.2, 0.25) is 5.02 Å². The molecule has 1 aliphatic heterocycles. The molecule has 1 aliphatic rings. The fraction of sp³-hybridized carbons (Fsp3) is 0.0833. The number of aliphatic hydroxyl groups is 1. The molecule has 1 heterocycles. The lowest BCUT2D eigenvalue weighted by molar-refractivity contribution is -0.140. The number of aliphatic hydroxyl groups excluding tert-OH is 1. The third-order valence-electron chi connectivity index (χ3n) is 4.97. The Bertz CT molecular complexity index is 1080. The zero-order valence-electron chi connectivity index (χ0n) is 15.5. The molecular weight excluding hydrogens is 386 g/mol. The Hall–Kier alpha value is -3.37. The van der Waals surface area contributed by atoms with Gasteiger partial charge < -0.3 is 10.0 Å². The van der Waals surface area contributed by atoms with Crippen LogP contribution >= 0.6 is 11.6 Å². The van der Waals surface area contributed by atoms with Gasteiger partial charge in [0, 0.05) is 17.1 Å². The summed E-state index contributed by atoms with van der Waals surface area (Å²) in [4.78, 5) is 27.3. The van der Waals surface area contributed by atoms with E-state index in [1.165, 1.54) is 4.90 Å². The van der Waals surface area contributed by atoms with Gasteiger partial charge in [-0.1, -0.05) is 72.3 Å². The van der Waals surface area contributed by atoms with E-state index in [-0.39, 0.29) is 17.9 Å². The SMILES string of the molecule is O=C1C(=O)N(Cc2ccccc2)[C@H](c2ccccc2)C1=C(O)c1ccc(Cl)cc1. The molecule has 0 unspecified atom stereocenters. The van der Waals surface area contributed by atoms with Crippen LogP contribution < -0.4 is 0 Å². The second kappa shape index (κ2) is 7.94. The lowest BCUT2D eigenvalue weighted by Crippen LogP contribution is -2.29. The first-order chi connectivity index (χ1) is 14.1. The highest BCUT2D eigenvalue weighted by atomic mass is 35.5. The highest BCUT2D eigenvalue weighted by Crippen LogP contribution is 2.40. The Morgan fingerprint density at radius 3 is 2.07 bits per heavy atom. The first-order valence-electron chi connectivity index (χ1n) is 9.19. The zero-order valence-corrected chi connectivity index (χ0v) is 16.2. The van der Waals surface area contributed by atoms with Gasteiger partial charge in [0.15, 0.2) is 0 Å². The molecule has 0 spiro atoms. The average Bonchev–Trinajstić information content (AvgIpc) is 3.00. The third kappa shape index (κ3) is 3.67. The minimum absolute atomic E-state index is 0.0828. The number of carbonyl (C=O) groups is 2. The predicted octanol–water partition coefficient (Wildman–Crippen LogP) is 4.96. The van der Waals surface area contributed by atoms with Gasteiger partial charge >= 0.3 is 0 Å². The summed E-state index contributed by atoms with van der Waals surface area (Å²) in [7, 11) is 0. The van der Waals surface area contributed by atoms with Crippen LogP contribution in [0.4, 0.5) is 0 Å². The molecule has 5 heteroatoms. The molecule has 1 N–H and O–H groups in total. The summed E-state index contributed by atoms with van der Waals surface area (Å²) in [5.41, 5.74) is 2.19. The van der Waals surface area contributed by atoms with Crippen molar-refractivity contribution >= 4 is 29.1 Å². The standard InChI is InChI=1S/C24H18ClNO3/c25-19-13-11-18(12-14-19)22(27)20-21(17-9-5-2-6-10-17)26(24(29)23(20)28)15-16-7-3-1-4-8-16/h1-14,21,27H,15H2/t21-/m1/s1. The van der Waals surface area contributed by atoms with Crippen molar-refractivity contribution in [2.45, 2.75) is 12.6 Å². The molecule has 1 fully saturated rings. The second-order valence-electron chi connectivity index (χ2n) is 6.83. The number of likely N-dealkylation sites (tertiary alicyclic amines) is 1. The smallest absolute Gasteiger partial charge is 0.295 e. The molecule has 0 aromatic heterocycles. The van der Waals surface area contributed by atoms with Gasteiger partial charge in [-0.05, 0) is 35.4 Å². The molecule has 29 heavy (non-hydrogen) atoms. The first-order valence-corrected chi connectivity index (χ1v) is 9.57. The van der Waals surface area contributed by atoms with Gasteiger partial charge in [0.1, 0.15) is 5.76 Å². The van der Waals surface area contributed by atoms with Crippen molar-refractivity contribution < 1.29 is 14.7 Å². The van der Waals surface area contributed by atoms with E-state index in [4.69, 9.17) is 11.6 Å². The van der Waals surface area contributed by atoms with Crippen molar-refractivity contribution in [2.24, 2.45) is 0 Å². The average molecular weight is 404 g/mol. The van der Waals surface area contributed by atoms with Crippen molar-refractivity contribution in [1.29, 1.82) is 0 Å². The van der Waals surface area contributed by atoms with Gasteiger partial charge in [0.25, 0.3) is 11.7 Å². The van der Waals surface area contributed by atoms with E-state index in [1.807, 2.05) is 60.7 Å². The monoisotopic (exact) mass is 403 g/mol. The number of carbonyl (C=O) groups excluding carboxylic acids is 2. The van der Waals surface area contributed by atoms with Crippen molar-refractivity contribution in [3.63, 3.8) is 0 Å². The maximum Gasteiger partial charge on any atom is 0.295 e. The molecule has 0 bridgehead atoms. The number of halogens is 1. The van der Waals surface area contributed by atoms with E-state index in [1.54, 1.807) is 24.3 Å². The summed E-state index contributed by atoms with van der Waals surface area (Å²) in [6.45, 7) is 0.266. The first kappa shape index (κ1) is 19.0. The summed E-state index contributed by atoms with van der Waals surface area (Å²) in [6, 6.07) is 24.6. The molecule has 4 rings (SSSR count). The maximum absolute atomic E-state index is 12.9. The molecule has 1 amide bonds. The normalized spacial score (nSPS) is 18.2. The predicted molar refractivity (Wildman–Crippen MR) is 112 cm³/mol. The largest absolute Gasteiger partial charge is 0.507 e. The molecule has 3 aromatic carbocycles. The second-order valence-corrected chi connectivity index (χ2v) is 7.27. The number of hydrogen-bond acceptors (Lipinski definition) is 3. The quantitative estimate of drug-likeness (QED) is 0.380. The van der Waals surface area contributed by atoms with E-state index in [9.17, 15) is 14.7 Å². The van der Waals surface area contributed by atoms with Crippen LogP contribution in [0.3, 0.4) is 0 Å². The van der Waals surface area contributed by atoms with Crippen LogP contribution in [-0.2, 0) is 16.1 Å². The highest BCUT2D eigenvalue weighted by Gasteiger charge is 2.45. The summed E-state index contributed by atoms with van der Waals surface area (Å²) in [5, 5.41) is 11.5. The van der Waals surface area contributed by atoms with Crippen molar-refractivity contribution in [3.05, 3.63) is 112 Å². The van der Waals surface area contributed by atoms with E-state index >= 15 is 0 Å². The molecule has 4 nitrogen and oxygen atoms in total. The van der Waals surface area contributed by atoms with Crippen LogP contribution in [0.1, 0.15) is 22.7 Å². The Morgan fingerprint density at radius 2 is 1.45 bits per heavy atom. The van der Waals surface area contributed by atoms with Crippen LogP contribution in [0.5, 0.6) is 0 Å². The maximum atomic E-state index is 12.9. The number of nitrogens with zero attached hydrogens (tertiary/aromatic N) is 1. The minimum Gasteiger partial charge on any atom is -0.507 e. The Labute approximate surface area is 173 Å². The van der Waals surface area contributed by atoms with Crippen LogP contribution in [0.25, 0.3) is 5.76 Å². The van der Waals surface area contributed by atoms with Crippen LogP contribution in [-0.4, -0.2) is 21.7 Å². The lowest BCUT2D eigenvalue weighted by atomic mass is 9.95. The third-order valence-corrected chi connectivity index (χ3v) is 5.22. The summed E-state index contributed by atoms with van der Waals surface area (Å²) < 4.78 is 0. The van der Waals surface area contributed by atoms with E-state index in [0.29, 0.717) is 10.6 Å². The Kier molecular flexibility index (Phi) is 5.19. The Morgan fingerprint density at radius 1 is 0.862 bits per heavy atom. The van der Waals surface area contributed by atoms with Crippen molar-refractivity contribution in [2.75, 3.05) is 0 Å². The van der Waals surface area contributed by atoms with Gasteiger partial charge in [-0.25, -0.2) is 0 Å². The van der Waals surface area contributed by atoms with Crippen LogP contribution in [0.15, 0.2) is 90.5 Å². The van der Waals surface area contributed by atoms with Crippen molar-refractivity contribution in [3.8, 4) is 0 Å². The van der Waals surface area contributed by atoms with E-state index < -0.39 is 17.7 Å². The number of rotatable bonds is 4. The van der Waals surface area contributed by atoms with Gasteiger partial charge in [-0.15, -0.1) is 0 Å². The van der Waals surface area contributed by atoms with Gasteiger partial charge in [0.2, 0.25) is 0 Å². The zero-order chi connectivity index (χ0) is 20.4. The molecule has 0 aliphatic carbocycles. The van der Waals surface area contributed by atoms with E-state index in [0.717, 1.165) is 11.1 Å². The lowest BCUT2D eigenvalue weighted by Gasteiger charge is -2.25. The number of benzene rings is 3. The summed E-state index contributed by atoms with van der Waals surface area (Å²) in [5.74, 6) is -1.52. The molecular formula is C24H18ClNO3. The van der Waals surface area contributed by atoms with E-state index in [2.05, 4.69) is 0 Å². The minimum atomic E-state index is -0.692. The fourth-order valence-electron chi connectivity index (χ4n) is 3.57. The number of amides is 1. The molecule has 1 atom stereocenters. The van der Waals surface area contributed by atoms with Gasteiger partial charge in [-0.3, -0.25) is 9.59 Å². The molecule has 144 valence electrons. The summed E-state index contributed by atoms with van der Waals surface area (Å²) >= 11 is 5.94. The number of hydrogen-bond donors (Lipinski definition) is 1. The summed E-state index contributed by atoms with van der Waals surface area (Å²) in [6.07, 6.45) is 0. The van der Waals surface area contributed by atoms with Gasteiger partial charge in [0.05, 0.1) is 11.6 Å². The molecule has 0 saturated carbocycles. The topological polar surface area (TPSA) is 57.6 Å². The molecule has 0 radical (unpaired) electrons. The number of Topliss-reactive ketones (excluding diaryl/α,β-unsaturated/α-hetero) is 1. The van der Waals surface area contributed by atoms with Crippen molar-refractivity contribution in [1.82, 2.24) is 4.90 Å². The number of ketones is 1.